The molecule has 3 rings (SSSR count). The van der Waals surface area contributed by atoms with Gasteiger partial charge in [-0.25, -0.2) is 0 Å². The van der Waals surface area contributed by atoms with E-state index < -0.39 is 6.04 Å². The summed E-state index contributed by atoms with van der Waals surface area (Å²) < 4.78 is 0. The van der Waals surface area contributed by atoms with Crippen molar-refractivity contribution in [1.29, 1.82) is 0 Å². The molecule has 1 amide bonds. The molecule has 1 heterocycles. The Morgan fingerprint density at radius 3 is 2.74 bits per heavy atom. The highest BCUT2D eigenvalue weighted by Gasteiger charge is 2.16. The third-order valence-electron chi connectivity index (χ3n) is 4.08. The van der Waals surface area contributed by atoms with E-state index in [-0.39, 0.29) is 5.91 Å². The van der Waals surface area contributed by atoms with Gasteiger partial charge in [0.25, 0.3) is 0 Å². The highest BCUT2D eigenvalue weighted by molar-refractivity contribution is 5.84. The molecule has 0 aliphatic rings. The monoisotopic (exact) mass is 307 g/mol. The summed E-state index contributed by atoms with van der Waals surface area (Å²) in [5, 5.41) is 4.49. The van der Waals surface area contributed by atoms with Crippen LogP contribution in [0, 0.1) is 6.92 Å². The number of nitrogens with one attached hydrogen (secondary N) is 2. The molecule has 0 radical (unpaired) electrons. The molecule has 4 N–H and O–H groups in total. The summed E-state index contributed by atoms with van der Waals surface area (Å²) in [6, 6.07) is 15.5. The van der Waals surface area contributed by atoms with E-state index in [9.17, 15) is 4.79 Å². The Balaban J connectivity index is 1.68. The third kappa shape index (κ3) is 3.43. The zero-order valence-electron chi connectivity index (χ0n) is 13.2. The van der Waals surface area contributed by atoms with E-state index in [1.54, 1.807) is 0 Å². The van der Waals surface area contributed by atoms with Gasteiger partial charge in [-0.05, 0) is 36.1 Å². The number of H-pyrrole nitrogens is 1. The van der Waals surface area contributed by atoms with E-state index in [0.29, 0.717) is 6.54 Å². The van der Waals surface area contributed by atoms with Crippen LogP contribution in [-0.2, 0) is 11.2 Å². The Labute approximate surface area is 135 Å². The molecule has 0 aliphatic carbocycles. The smallest absolute Gasteiger partial charge is 0.239 e. The number of rotatable bonds is 6. The number of benzene rings is 2. The van der Waals surface area contributed by atoms with Crippen LogP contribution in [-0.4, -0.2) is 17.4 Å². The fourth-order valence-electron chi connectivity index (χ4n) is 2.89. The van der Waals surface area contributed by atoms with E-state index in [1.165, 1.54) is 16.5 Å². The first-order valence-corrected chi connectivity index (χ1v) is 7.79. The molecule has 118 valence electrons. The van der Waals surface area contributed by atoms with Crippen LogP contribution in [0.4, 0.5) is 0 Å². The van der Waals surface area contributed by atoms with Crippen LogP contribution < -0.4 is 11.1 Å². The number of carbonyl (C=O) groups excluding carboxylic acids is 1. The van der Waals surface area contributed by atoms with Gasteiger partial charge in [0.05, 0.1) is 0 Å². The number of aryl methyl sites for hydroxylation is 1. The Hall–Kier alpha value is -2.59. The zero-order chi connectivity index (χ0) is 16.2. The lowest BCUT2D eigenvalue weighted by atomic mass is 10.1. The summed E-state index contributed by atoms with van der Waals surface area (Å²) in [5.74, 6) is -0.356. The third-order valence-corrected chi connectivity index (χ3v) is 4.08. The van der Waals surface area contributed by atoms with Gasteiger partial charge in [-0.3, -0.25) is 4.79 Å². The molecule has 0 saturated carbocycles. The Morgan fingerprint density at radius 2 is 2.00 bits per heavy atom. The maximum Gasteiger partial charge on any atom is 0.239 e. The van der Waals surface area contributed by atoms with Crippen LogP contribution >= 0.6 is 0 Å². The van der Waals surface area contributed by atoms with E-state index in [1.807, 2.05) is 36.5 Å². The average Bonchev–Trinajstić information content (AvgIpc) is 2.94. The molecule has 0 fully saturated rings. The van der Waals surface area contributed by atoms with Gasteiger partial charge in [-0.15, -0.1) is 0 Å². The molecule has 2 aromatic carbocycles. The van der Waals surface area contributed by atoms with Gasteiger partial charge in [0.15, 0.2) is 0 Å². The van der Waals surface area contributed by atoms with Crippen LogP contribution in [0.1, 0.15) is 22.7 Å². The number of amides is 1. The van der Waals surface area contributed by atoms with Gasteiger partial charge in [0, 0.05) is 23.6 Å². The number of hydrogen-bond acceptors (Lipinski definition) is 2. The predicted octanol–water partition coefficient (Wildman–Crippen LogP) is 2.84. The Morgan fingerprint density at radius 1 is 1.22 bits per heavy atom. The number of carbonyl (C=O) groups is 1. The van der Waals surface area contributed by atoms with Gasteiger partial charge in [0.2, 0.25) is 5.91 Å². The molecule has 1 aromatic heterocycles. The van der Waals surface area contributed by atoms with Crippen LogP contribution in [0.5, 0.6) is 0 Å². The molecular weight excluding hydrogens is 286 g/mol. The topological polar surface area (TPSA) is 70.9 Å². The van der Waals surface area contributed by atoms with Gasteiger partial charge in [0.1, 0.15) is 6.04 Å². The minimum absolute atomic E-state index is 0.356. The van der Waals surface area contributed by atoms with E-state index in [0.717, 1.165) is 17.5 Å². The van der Waals surface area contributed by atoms with Crippen molar-refractivity contribution in [3.8, 4) is 0 Å². The predicted molar refractivity (Wildman–Crippen MR) is 93.1 cm³/mol. The number of hydrogen-bond donors (Lipinski definition) is 3. The Bertz CT molecular complexity index is 808. The first-order chi connectivity index (χ1) is 11.1. The van der Waals surface area contributed by atoms with Crippen LogP contribution in [0.15, 0.2) is 54.7 Å². The zero-order valence-corrected chi connectivity index (χ0v) is 13.2. The van der Waals surface area contributed by atoms with Crippen molar-refractivity contribution < 1.29 is 4.79 Å². The molecule has 4 heteroatoms. The summed E-state index contributed by atoms with van der Waals surface area (Å²) in [4.78, 5) is 15.0. The second kappa shape index (κ2) is 6.67. The lowest BCUT2D eigenvalue weighted by Crippen LogP contribution is -2.34. The Kier molecular flexibility index (Phi) is 4.44. The van der Waals surface area contributed by atoms with Gasteiger partial charge in [-0.2, -0.15) is 0 Å². The van der Waals surface area contributed by atoms with Crippen molar-refractivity contribution in [3.63, 3.8) is 0 Å². The maximum atomic E-state index is 11.7. The van der Waals surface area contributed by atoms with E-state index in [4.69, 9.17) is 5.73 Å². The van der Waals surface area contributed by atoms with Gasteiger partial charge in [-0.1, -0.05) is 42.5 Å². The second-order valence-corrected chi connectivity index (χ2v) is 5.81. The summed E-state index contributed by atoms with van der Waals surface area (Å²) in [7, 11) is 0. The number of primary amides is 1. The SMILES string of the molecule is Cc1ccc2c(CCN[C@@H](C(N)=O)c3ccccc3)c[nH]c2c1. The summed E-state index contributed by atoms with van der Waals surface area (Å²) >= 11 is 0. The molecule has 3 aromatic rings. The lowest BCUT2D eigenvalue weighted by Gasteiger charge is -2.15. The quantitative estimate of drug-likeness (QED) is 0.655. The molecule has 0 aliphatic heterocycles. The van der Waals surface area contributed by atoms with Crippen molar-refractivity contribution in [2.45, 2.75) is 19.4 Å². The molecule has 23 heavy (non-hydrogen) atoms. The highest BCUT2D eigenvalue weighted by atomic mass is 16.1. The number of aromatic nitrogens is 1. The highest BCUT2D eigenvalue weighted by Crippen LogP contribution is 2.20. The summed E-state index contributed by atoms with van der Waals surface area (Å²) in [6.45, 7) is 2.77. The minimum atomic E-state index is -0.455. The fraction of sp³-hybridized carbons (Fsp3) is 0.211. The molecule has 1 atom stereocenters. The van der Waals surface area contributed by atoms with Crippen LogP contribution in [0.25, 0.3) is 10.9 Å². The molecule has 0 unspecified atom stereocenters. The van der Waals surface area contributed by atoms with Gasteiger partial charge >= 0.3 is 0 Å². The van der Waals surface area contributed by atoms with Gasteiger partial charge < -0.3 is 16.0 Å². The standard InChI is InChI=1S/C19H21N3O/c1-13-7-8-16-15(12-22-17(16)11-13)9-10-21-18(19(20)23)14-5-3-2-4-6-14/h2-8,11-12,18,21-22H,9-10H2,1H3,(H2,20,23)/t18-/m1/s1. The van der Waals surface area contributed by atoms with Crippen molar-refractivity contribution in [2.24, 2.45) is 5.73 Å². The molecular formula is C19H21N3O. The van der Waals surface area contributed by atoms with Crippen molar-refractivity contribution in [3.05, 3.63) is 71.4 Å². The number of fused-ring (bicyclic) bond motifs is 1. The lowest BCUT2D eigenvalue weighted by molar-refractivity contribution is -0.120. The second-order valence-electron chi connectivity index (χ2n) is 5.81. The average molecular weight is 307 g/mol. The minimum Gasteiger partial charge on any atom is -0.368 e. The first kappa shape index (κ1) is 15.3. The number of aromatic amines is 1. The van der Waals surface area contributed by atoms with Crippen molar-refractivity contribution >= 4 is 16.8 Å². The van der Waals surface area contributed by atoms with E-state index >= 15 is 0 Å². The molecule has 0 saturated heterocycles. The fourth-order valence-corrected chi connectivity index (χ4v) is 2.89. The van der Waals surface area contributed by atoms with Crippen molar-refractivity contribution in [1.82, 2.24) is 10.3 Å². The number of nitrogens with two attached hydrogens (primary N) is 1. The van der Waals surface area contributed by atoms with Crippen LogP contribution in [0.3, 0.4) is 0 Å². The summed E-state index contributed by atoms with van der Waals surface area (Å²) in [5.41, 5.74) is 10.1. The molecule has 0 bridgehead atoms. The van der Waals surface area contributed by atoms with Crippen molar-refractivity contribution in [2.75, 3.05) is 6.54 Å². The summed E-state index contributed by atoms with van der Waals surface area (Å²) in [6.07, 6.45) is 2.87. The van der Waals surface area contributed by atoms with Crippen LogP contribution in [0.2, 0.25) is 0 Å². The largest absolute Gasteiger partial charge is 0.368 e. The maximum absolute atomic E-state index is 11.7. The molecule has 4 nitrogen and oxygen atoms in total. The van der Waals surface area contributed by atoms with E-state index in [2.05, 4.69) is 35.4 Å². The normalized spacial score (nSPS) is 12.4. The molecule has 0 spiro atoms. The first-order valence-electron chi connectivity index (χ1n) is 7.79.